The quantitative estimate of drug-likeness (QED) is 0.861. The van der Waals surface area contributed by atoms with Crippen LogP contribution in [0.25, 0.3) is 0 Å². The molecule has 0 aliphatic carbocycles. The van der Waals surface area contributed by atoms with E-state index < -0.39 is 0 Å². The van der Waals surface area contributed by atoms with Gasteiger partial charge in [0.25, 0.3) is 5.91 Å². The number of carbonyl (C=O) groups is 2. The molecule has 2 N–H and O–H groups in total. The van der Waals surface area contributed by atoms with Gasteiger partial charge < -0.3 is 15.5 Å². The van der Waals surface area contributed by atoms with Crippen LogP contribution in [-0.2, 0) is 0 Å². The normalized spacial score (nSPS) is 16.7. The monoisotopic (exact) mass is 365 g/mol. The Hall–Kier alpha value is -2.82. The van der Waals surface area contributed by atoms with Crippen molar-refractivity contribution in [2.24, 2.45) is 5.92 Å². The lowest BCUT2D eigenvalue weighted by molar-refractivity contribution is 0.0674. The molecule has 0 bridgehead atoms. The Morgan fingerprint density at radius 1 is 1.07 bits per heavy atom. The van der Waals surface area contributed by atoms with Crippen LogP contribution in [0.15, 0.2) is 48.5 Å². The lowest BCUT2D eigenvalue weighted by Gasteiger charge is -2.33. The Bertz CT molecular complexity index is 801. The van der Waals surface area contributed by atoms with Gasteiger partial charge in [0.2, 0.25) is 0 Å². The summed E-state index contributed by atoms with van der Waals surface area (Å²) in [6.45, 7) is 6.00. The number of carbonyl (C=O) groups excluding carboxylic acids is 2. The van der Waals surface area contributed by atoms with E-state index in [2.05, 4.69) is 10.6 Å². The van der Waals surface area contributed by atoms with Crippen molar-refractivity contribution in [2.75, 3.05) is 25.0 Å². The summed E-state index contributed by atoms with van der Waals surface area (Å²) >= 11 is 0. The van der Waals surface area contributed by atoms with E-state index in [1.165, 1.54) is 0 Å². The van der Waals surface area contributed by atoms with E-state index in [1.807, 2.05) is 67.3 Å². The summed E-state index contributed by atoms with van der Waals surface area (Å²) in [6, 6.07) is 15.2. The first kappa shape index (κ1) is 19.0. The van der Waals surface area contributed by atoms with Gasteiger partial charge in [-0.1, -0.05) is 35.9 Å². The molecule has 3 amide bonds. The molecule has 0 aromatic heterocycles. The minimum Gasteiger partial charge on any atom is -0.338 e. The first-order valence-electron chi connectivity index (χ1n) is 9.49. The fourth-order valence-electron chi connectivity index (χ4n) is 3.45. The predicted molar refractivity (Wildman–Crippen MR) is 108 cm³/mol. The summed E-state index contributed by atoms with van der Waals surface area (Å²) in [7, 11) is 0. The highest BCUT2D eigenvalue weighted by atomic mass is 16.2. The van der Waals surface area contributed by atoms with Gasteiger partial charge in [0.15, 0.2) is 0 Å². The molecule has 1 heterocycles. The number of urea groups is 1. The number of aryl methyl sites for hydroxylation is 2. The van der Waals surface area contributed by atoms with Crippen molar-refractivity contribution in [3.63, 3.8) is 0 Å². The third kappa shape index (κ3) is 5.09. The van der Waals surface area contributed by atoms with E-state index in [4.69, 9.17) is 0 Å². The molecule has 2 aromatic rings. The third-order valence-electron chi connectivity index (χ3n) is 5.04. The molecule has 3 rings (SSSR count). The average Bonchev–Trinajstić information content (AvgIpc) is 2.68. The van der Waals surface area contributed by atoms with Gasteiger partial charge in [-0.3, -0.25) is 4.79 Å². The predicted octanol–water partition coefficient (Wildman–Crippen LogP) is 3.98. The van der Waals surface area contributed by atoms with Gasteiger partial charge in [-0.15, -0.1) is 0 Å². The standard InChI is InChI=1S/C22H27N3O2/c1-16-9-11-19(12-10-16)24-22(27)23-14-18-7-5-13-25(15-18)21(26)20-8-4-3-6-17(20)2/h3-4,6,8-12,18H,5,7,13-15H2,1-2H3,(H2,23,24,27). The van der Waals surface area contributed by atoms with Crippen molar-refractivity contribution in [2.45, 2.75) is 26.7 Å². The second-order valence-electron chi connectivity index (χ2n) is 7.28. The molecular formula is C22H27N3O2. The molecule has 0 saturated carbocycles. The highest BCUT2D eigenvalue weighted by Crippen LogP contribution is 2.19. The van der Waals surface area contributed by atoms with Crippen LogP contribution in [0.5, 0.6) is 0 Å². The molecule has 1 saturated heterocycles. The number of rotatable bonds is 4. The second kappa shape index (κ2) is 8.71. The molecule has 2 aromatic carbocycles. The number of anilines is 1. The van der Waals surface area contributed by atoms with Crippen LogP contribution >= 0.6 is 0 Å². The van der Waals surface area contributed by atoms with Crippen molar-refractivity contribution >= 4 is 17.6 Å². The van der Waals surface area contributed by atoms with E-state index in [9.17, 15) is 9.59 Å². The van der Waals surface area contributed by atoms with Gasteiger partial charge >= 0.3 is 6.03 Å². The zero-order valence-electron chi connectivity index (χ0n) is 16.0. The fraction of sp³-hybridized carbons (Fsp3) is 0.364. The summed E-state index contributed by atoms with van der Waals surface area (Å²) in [5, 5.41) is 5.78. The molecule has 1 atom stereocenters. The highest BCUT2D eigenvalue weighted by Gasteiger charge is 2.25. The summed E-state index contributed by atoms with van der Waals surface area (Å²) in [6.07, 6.45) is 1.98. The molecule has 142 valence electrons. The maximum atomic E-state index is 12.8. The molecule has 1 aliphatic heterocycles. The first-order valence-corrected chi connectivity index (χ1v) is 9.49. The van der Waals surface area contributed by atoms with E-state index >= 15 is 0 Å². The summed E-state index contributed by atoms with van der Waals surface area (Å²) in [4.78, 5) is 26.8. The van der Waals surface area contributed by atoms with Crippen LogP contribution in [0.3, 0.4) is 0 Å². The van der Waals surface area contributed by atoms with Gasteiger partial charge in [-0.2, -0.15) is 0 Å². The van der Waals surface area contributed by atoms with E-state index in [-0.39, 0.29) is 17.9 Å². The number of nitrogens with one attached hydrogen (secondary N) is 2. The molecule has 1 aliphatic rings. The lowest BCUT2D eigenvalue weighted by Crippen LogP contribution is -2.44. The van der Waals surface area contributed by atoms with Crippen LogP contribution in [-0.4, -0.2) is 36.5 Å². The van der Waals surface area contributed by atoms with Crippen molar-refractivity contribution in [3.8, 4) is 0 Å². The molecule has 0 radical (unpaired) electrons. The number of hydrogen-bond donors (Lipinski definition) is 2. The fourth-order valence-corrected chi connectivity index (χ4v) is 3.45. The number of hydrogen-bond acceptors (Lipinski definition) is 2. The van der Waals surface area contributed by atoms with Crippen molar-refractivity contribution in [3.05, 3.63) is 65.2 Å². The maximum Gasteiger partial charge on any atom is 0.319 e. The van der Waals surface area contributed by atoms with Gasteiger partial charge in [0, 0.05) is 30.9 Å². The number of nitrogens with zero attached hydrogens (tertiary/aromatic N) is 1. The van der Waals surface area contributed by atoms with Crippen molar-refractivity contribution in [1.29, 1.82) is 0 Å². The SMILES string of the molecule is Cc1ccc(NC(=O)NCC2CCCN(C(=O)c3ccccc3C)C2)cc1. The molecule has 5 nitrogen and oxygen atoms in total. The molecule has 1 fully saturated rings. The van der Waals surface area contributed by atoms with Crippen molar-refractivity contribution in [1.82, 2.24) is 10.2 Å². The van der Waals surface area contributed by atoms with Gasteiger partial charge in [0.05, 0.1) is 0 Å². The zero-order chi connectivity index (χ0) is 19.2. The van der Waals surface area contributed by atoms with Crippen LogP contribution in [0.4, 0.5) is 10.5 Å². The topological polar surface area (TPSA) is 61.4 Å². The molecule has 27 heavy (non-hydrogen) atoms. The summed E-state index contributed by atoms with van der Waals surface area (Å²) < 4.78 is 0. The Labute approximate surface area is 160 Å². The van der Waals surface area contributed by atoms with Crippen molar-refractivity contribution < 1.29 is 9.59 Å². The molecule has 1 unspecified atom stereocenters. The zero-order valence-corrected chi connectivity index (χ0v) is 16.0. The number of benzene rings is 2. The maximum absolute atomic E-state index is 12.8. The number of amides is 3. The van der Waals surface area contributed by atoms with E-state index in [0.717, 1.165) is 41.8 Å². The highest BCUT2D eigenvalue weighted by molar-refractivity contribution is 5.95. The largest absolute Gasteiger partial charge is 0.338 e. The Morgan fingerprint density at radius 3 is 2.56 bits per heavy atom. The van der Waals surface area contributed by atoms with Gasteiger partial charge in [-0.05, 0) is 56.4 Å². The Morgan fingerprint density at radius 2 is 1.81 bits per heavy atom. The Balaban J connectivity index is 1.51. The first-order chi connectivity index (χ1) is 13.0. The minimum atomic E-state index is -0.207. The van der Waals surface area contributed by atoms with Crippen LogP contribution in [0, 0.1) is 19.8 Å². The van der Waals surface area contributed by atoms with Crippen LogP contribution in [0.1, 0.15) is 34.3 Å². The van der Waals surface area contributed by atoms with Gasteiger partial charge in [0.1, 0.15) is 0 Å². The third-order valence-corrected chi connectivity index (χ3v) is 5.04. The summed E-state index contributed by atoms with van der Waals surface area (Å²) in [5.74, 6) is 0.359. The van der Waals surface area contributed by atoms with Crippen LogP contribution < -0.4 is 10.6 Å². The molecular weight excluding hydrogens is 338 g/mol. The second-order valence-corrected chi connectivity index (χ2v) is 7.28. The molecule has 0 spiro atoms. The molecule has 5 heteroatoms. The van der Waals surface area contributed by atoms with E-state index in [1.54, 1.807) is 0 Å². The summed E-state index contributed by atoms with van der Waals surface area (Å²) in [5.41, 5.74) is 3.70. The number of piperidine rings is 1. The van der Waals surface area contributed by atoms with Crippen LogP contribution in [0.2, 0.25) is 0 Å². The van der Waals surface area contributed by atoms with Gasteiger partial charge in [-0.25, -0.2) is 4.79 Å². The minimum absolute atomic E-state index is 0.0851. The smallest absolute Gasteiger partial charge is 0.319 e. The number of likely N-dealkylation sites (tertiary alicyclic amines) is 1. The average molecular weight is 365 g/mol. The van der Waals surface area contributed by atoms with E-state index in [0.29, 0.717) is 13.1 Å². The lowest BCUT2D eigenvalue weighted by atomic mass is 9.96. The Kier molecular flexibility index (Phi) is 6.12.